The molecule has 0 bridgehead atoms. The number of carbonyl (C=O) groups is 1. The number of aliphatic hydroxyl groups excluding tert-OH is 1. The van der Waals surface area contributed by atoms with Crippen LogP contribution in [0.2, 0.25) is 0 Å². The number of piperidine rings is 1. The second-order valence-corrected chi connectivity index (χ2v) is 7.38. The third kappa shape index (κ3) is 3.89. The fourth-order valence-corrected chi connectivity index (χ4v) is 4.20. The standard InChI is InChI=1S/C20H30N2O3/c1-3-25-18-14-17(23)20(18)9-12-22(13-10-20)11-8-19(24)21-16-7-5-4-6-15(16)2/h4-7,17-18,23H,3,8-14H2,1-2H3,(H,21,24). The molecule has 1 heterocycles. The molecular weight excluding hydrogens is 316 g/mol. The fourth-order valence-electron chi connectivity index (χ4n) is 4.20. The van der Waals surface area contributed by atoms with E-state index in [9.17, 15) is 9.90 Å². The van der Waals surface area contributed by atoms with E-state index < -0.39 is 0 Å². The topological polar surface area (TPSA) is 61.8 Å². The van der Waals surface area contributed by atoms with E-state index in [1.165, 1.54) is 0 Å². The summed E-state index contributed by atoms with van der Waals surface area (Å²) >= 11 is 0. The normalized spacial score (nSPS) is 25.6. The van der Waals surface area contributed by atoms with Gasteiger partial charge < -0.3 is 20.1 Å². The van der Waals surface area contributed by atoms with Gasteiger partial charge in [0.25, 0.3) is 0 Å². The first-order chi connectivity index (χ1) is 12.0. The van der Waals surface area contributed by atoms with E-state index in [1.54, 1.807) is 0 Å². The second kappa shape index (κ2) is 7.85. The number of anilines is 1. The first-order valence-electron chi connectivity index (χ1n) is 9.42. The van der Waals surface area contributed by atoms with Crippen molar-refractivity contribution in [1.82, 2.24) is 4.90 Å². The van der Waals surface area contributed by atoms with Crippen molar-refractivity contribution in [2.45, 2.75) is 51.7 Å². The van der Waals surface area contributed by atoms with Crippen molar-refractivity contribution in [1.29, 1.82) is 0 Å². The molecule has 0 aromatic heterocycles. The molecule has 5 heteroatoms. The molecule has 3 rings (SSSR count). The fraction of sp³-hybridized carbons (Fsp3) is 0.650. The van der Waals surface area contributed by atoms with Crippen LogP contribution < -0.4 is 5.32 Å². The van der Waals surface area contributed by atoms with Gasteiger partial charge in [-0.2, -0.15) is 0 Å². The molecule has 0 radical (unpaired) electrons. The van der Waals surface area contributed by atoms with Crippen LogP contribution in [0.5, 0.6) is 0 Å². The van der Waals surface area contributed by atoms with Crippen LogP contribution in [0.15, 0.2) is 24.3 Å². The van der Waals surface area contributed by atoms with Crippen LogP contribution in [0.25, 0.3) is 0 Å². The molecular formula is C20H30N2O3. The summed E-state index contributed by atoms with van der Waals surface area (Å²) in [5, 5.41) is 13.2. The number of nitrogens with zero attached hydrogens (tertiary/aromatic N) is 1. The van der Waals surface area contributed by atoms with Gasteiger partial charge in [0.1, 0.15) is 0 Å². The highest BCUT2D eigenvalue weighted by Crippen LogP contribution is 2.50. The third-order valence-corrected chi connectivity index (χ3v) is 5.97. The van der Waals surface area contributed by atoms with Gasteiger partial charge in [0.15, 0.2) is 0 Å². The summed E-state index contributed by atoms with van der Waals surface area (Å²) in [5.41, 5.74) is 1.93. The van der Waals surface area contributed by atoms with Gasteiger partial charge in [-0.1, -0.05) is 18.2 Å². The van der Waals surface area contributed by atoms with Gasteiger partial charge in [0.05, 0.1) is 12.2 Å². The highest BCUT2D eigenvalue weighted by Gasteiger charge is 2.55. The number of amides is 1. The summed E-state index contributed by atoms with van der Waals surface area (Å²) in [6.07, 6.45) is 3.16. The Morgan fingerprint density at radius 3 is 2.72 bits per heavy atom. The average Bonchev–Trinajstić information content (AvgIpc) is 2.62. The van der Waals surface area contributed by atoms with E-state index in [0.717, 1.165) is 50.1 Å². The third-order valence-electron chi connectivity index (χ3n) is 5.97. The molecule has 1 aromatic carbocycles. The van der Waals surface area contributed by atoms with Gasteiger partial charge in [-0.15, -0.1) is 0 Å². The monoisotopic (exact) mass is 346 g/mol. The van der Waals surface area contributed by atoms with Crippen molar-refractivity contribution < 1.29 is 14.6 Å². The van der Waals surface area contributed by atoms with Crippen LogP contribution in [0.3, 0.4) is 0 Å². The van der Waals surface area contributed by atoms with Crippen LogP contribution in [-0.4, -0.2) is 54.4 Å². The lowest BCUT2D eigenvalue weighted by Crippen LogP contribution is -2.62. The SMILES string of the molecule is CCOC1CC(O)C12CCN(CCC(=O)Nc1ccccc1C)CC2. The Hall–Kier alpha value is -1.43. The number of para-hydroxylation sites is 1. The van der Waals surface area contributed by atoms with Crippen molar-refractivity contribution in [2.75, 3.05) is 31.6 Å². The minimum atomic E-state index is -0.226. The van der Waals surface area contributed by atoms with Crippen LogP contribution in [0.1, 0.15) is 38.2 Å². The highest BCUT2D eigenvalue weighted by atomic mass is 16.5. The molecule has 1 saturated heterocycles. The molecule has 1 saturated carbocycles. The first-order valence-corrected chi connectivity index (χ1v) is 9.42. The van der Waals surface area contributed by atoms with E-state index in [1.807, 2.05) is 38.1 Å². The van der Waals surface area contributed by atoms with E-state index >= 15 is 0 Å². The Bertz CT molecular complexity index is 594. The van der Waals surface area contributed by atoms with Crippen LogP contribution in [0.4, 0.5) is 5.69 Å². The lowest BCUT2D eigenvalue weighted by Gasteiger charge is -2.56. The number of likely N-dealkylation sites (tertiary alicyclic amines) is 1. The first kappa shape index (κ1) is 18.4. The number of hydrogen-bond acceptors (Lipinski definition) is 4. The number of carbonyl (C=O) groups excluding carboxylic acids is 1. The van der Waals surface area contributed by atoms with Gasteiger partial charge in [-0.25, -0.2) is 0 Å². The number of aliphatic hydroxyl groups is 1. The molecule has 2 aliphatic rings. The number of aryl methyl sites for hydroxylation is 1. The molecule has 1 amide bonds. The maximum absolute atomic E-state index is 12.2. The summed E-state index contributed by atoms with van der Waals surface area (Å²) in [6.45, 7) is 7.35. The van der Waals surface area contributed by atoms with Crippen molar-refractivity contribution in [3.63, 3.8) is 0 Å². The Labute approximate surface area is 150 Å². The zero-order valence-corrected chi connectivity index (χ0v) is 15.3. The van der Waals surface area contributed by atoms with E-state index in [4.69, 9.17) is 4.74 Å². The maximum atomic E-state index is 12.2. The molecule has 1 spiro atoms. The zero-order chi connectivity index (χ0) is 17.9. The Morgan fingerprint density at radius 1 is 1.36 bits per heavy atom. The lowest BCUT2D eigenvalue weighted by atomic mass is 9.58. The van der Waals surface area contributed by atoms with Gasteiger partial charge in [-0.3, -0.25) is 4.79 Å². The minimum absolute atomic E-state index is 0.0457. The molecule has 1 aliphatic carbocycles. The molecule has 1 aliphatic heterocycles. The van der Waals surface area contributed by atoms with Gasteiger partial charge >= 0.3 is 0 Å². The van der Waals surface area contributed by atoms with Gasteiger partial charge in [0, 0.05) is 37.1 Å². The molecule has 5 nitrogen and oxygen atoms in total. The Morgan fingerprint density at radius 2 is 2.08 bits per heavy atom. The summed E-state index contributed by atoms with van der Waals surface area (Å²) in [4.78, 5) is 14.5. The largest absolute Gasteiger partial charge is 0.392 e. The number of benzene rings is 1. The average molecular weight is 346 g/mol. The number of hydrogen-bond donors (Lipinski definition) is 2. The maximum Gasteiger partial charge on any atom is 0.225 e. The van der Waals surface area contributed by atoms with Gasteiger partial charge in [-0.05, 0) is 51.4 Å². The molecule has 2 N–H and O–H groups in total. The lowest BCUT2D eigenvalue weighted by molar-refractivity contribution is -0.209. The van der Waals surface area contributed by atoms with E-state index in [0.29, 0.717) is 13.0 Å². The molecule has 138 valence electrons. The molecule has 2 unspecified atom stereocenters. The van der Waals surface area contributed by atoms with Crippen molar-refractivity contribution >= 4 is 11.6 Å². The van der Waals surface area contributed by atoms with Crippen LogP contribution in [-0.2, 0) is 9.53 Å². The van der Waals surface area contributed by atoms with Crippen molar-refractivity contribution in [3.05, 3.63) is 29.8 Å². The van der Waals surface area contributed by atoms with Crippen LogP contribution >= 0.6 is 0 Å². The van der Waals surface area contributed by atoms with Crippen molar-refractivity contribution in [3.8, 4) is 0 Å². The number of ether oxygens (including phenoxy) is 1. The summed E-state index contributed by atoms with van der Waals surface area (Å²) < 4.78 is 5.81. The predicted octanol–water partition coefficient (Wildman–Crippen LogP) is 2.58. The summed E-state index contributed by atoms with van der Waals surface area (Å²) in [5.74, 6) is 0.0606. The Balaban J connectivity index is 1.43. The molecule has 1 aromatic rings. The second-order valence-electron chi connectivity index (χ2n) is 7.38. The quantitative estimate of drug-likeness (QED) is 0.831. The number of rotatable bonds is 6. The van der Waals surface area contributed by atoms with E-state index in [2.05, 4.69) is 10.2 Å². The predicted molar refractivity (Wildman–Crippen MR) is 98.6 cm³/mol. The smallest absolute Gasteiger partial charge is 0.225 e. The summed E-state index contributed by atoms with van der Waals surface area (Å²) in [7, 11) is 0. The highest BCUT2D eigenvalue weighted by molar-refractivity contribution is 5.91. The molecule has 2 atom stereocenters. The minimum Gasteiger partial charge on any atom is -0.392 e. The van der Waals surface area contributed by atoms with Crippen LogP contribution in [0, 0.1) is 12.3 Å². The zero-order valence-electron chi connectivity index (χ0n) is 15.3. The number of nitrogens with one attached hydrogen (secondary N) is 1. The molecule has 2 fully saturated rings. The van der Waals surface area contributed by atoms with Gasteiger partial charge in [0.2, 0.25) is 5.91 Å². The molecule has 25 heavy (non-hydrogen) atoms. The van der Waals surface area contributed by atoms with Crippen molar-refractivity contribution in [2.24, 2.45) is 5.41 Å². The van der Waals surface area contributed by atoms with E-state index in [-0.39, 0.29) is 23.5 Å². The summed E-state index contributed by atoms with van der Waals surface area (Å²) in [6, 6.07) is 7.84. The Kier molecular flexibility index (Phi) is 5.77.